The van der Waals surface area contributed by atoms with E-state index in [1.807, 2.05) is 6.07 Å². The minimum Gasteiger partial charge on any atom is -0.375 e. The summed E-state index contributed by atoms with van der Waals surface area (Å²) in [6.45, 7) is 7.37. The molecule has 0 atom stereocenters. The first-order valence-corrected chi connectivity index (χ1v) is 6.72. The van der Waals surface area contributed by atoms with E-state index >= 15 is 0 Å². The fourth-order valence-electron chi connectivity index (χ4n) is 2.10. The molecule has 0 saturated carbocycles. The van der Waals surface area contributed by atoms with E-state index in [4.69, 9.17) is 9.26 Å². The molecule has 0 amide bonds. The predicted molar refractivity (Wildman–Crippen MR) is 69.3 cm³/mol. The SMILES string of the molecule is CN1CCN(CCCCOCc2ccon2)CC1. The summed E-state index contributed by atoms with van der Waals surface area (Å²) in [5, 5.41) is 3.80. The van der Waals surface area contributed by atoms with E-state index in [2.05, 4.69) is 22.0 Å². The second kappa shape index (κ2) is 7.51. The molecular weight excluding hydrogens is 230 g/mol. The molecule has 1 saturated heterocycles. The number of hydrogen-bond donors (Lipinski definition) is 0. The first-order valence-electron chi connectivity index (χ1n) is 6.72. The lowest BCUT2D eigenvalue weighted by molar-refractivity contribution is 0.105. The van der Waals surface area contributed by atoms with E-state index in [0.717, 1.165) is 18.7 Å². The van der Waals surface area contributed by atoms with E-state index in [1.54, 1.807) is 6.26 Å². The Morgan fingerprint density at radius 1 is 1.28 bits per heavy atom. The summed E-state index contributed by atoms with van der Waals surface area (Å²) in [5.74, 6) is 0. The van der Waals surface area contributed by atoms with Gasteiger partial charge in [-0.1, -0.05) is 5.16 Å². The molecule has 1 aromatic rings. The molecule has 0 spiro atoms. The molecule has 0 N–H and O–H groups in total. The van der Waals surface area contributed by atoms with Gasteiger partial charge >= 0.3 is 0 Å². The quantitative estimate of drug-likeness (QED) is 0.683. The molecule has 1 aliphatic rings. The average Bonchev–Trinajstić information content (AvgIpc) is 2.89. The first-order chi connectivity index (χ1) is 8.84. The molecule has 2 heterocycles. The van der Waals surface area contributed by atoms with Gasteiger partial charge in [-0.2, -0.15) is 0 Å². The van der Waals surface area contributed by atoms with Gasteiger partial charge in [-0.25, -0.2) is 0 Å². The second-order valence-corrected chi connectivity index (χ2v) is 4.90. The lowest BCUT2D eigenvalue weighted by Gasteiger charge is -2.32. The number of ether oxygens (including phenoxy) is 1. The van der Waals surface area contributed by atoms with E-state index in [9.17, 15) is 0 Å². The monoisotopic (exact) mass is 253 g/mol. The number of nitrogens with zero attached hydrogens (tertiary/aromatic N) is 3. The third-order valence-corrected chi connectivity index (χ3v) is 3.35. The van der Waals surface area contributed by atoms with Crippen molar-refractivity contribution in [3.63, 3.8) is 0 Å². The Balaban J connectivity index is 1.44. The van der Waals surface area contributed by atoms with Crippen molar-refractivity contribution in [1.29, 1.82) is 0 Å². The smallest absolute Gasteiger partial charge is 0.124 e. The molecular formula is C13H23N3O2. The van der Waals surface area contributed by atoms with Crippen molar-refractivity contribution in [1.82, 2.24) is 15.0 Å². The fourth-order valence-corrected chi connectivity index (χ4v) is 2.10. The van der Waals surface area contributed by atoms with Crippen molar-refractivity contribution >= 4 is 0 Å². The lowest BCUT2D eigenvalue weighted by atomic mass is 10.2. The molecule has 5 nitrogen and oxygen atoms in total. The van der Waals surface area contributed by atoms with Gasteiger partial charge in [0.25, 0.3) is 0 Å². The largest absolute Gasteiger partial charge is 0.375 e. The van der Waals surface area contributed by atoms with Gasteiger partial charge in [0.05, 0.1) is 6.61 Å². The van der Waals surface area contributed by atoms with Gasteiger partial charge in [-0.05, 0) is 26.4 Å². The Bertz CT molecular complexity index is 308. The molecule has 18 heavy (non-hydrogen) atoms. The molecule has 1 fully saturated rings. The van der Waals surface area contributed by atoms with E-state index in [1.165, 1.54) is 39.1 Å². The summed E-state index contributed by atoms with van der Waals surface area (Å²) in [7, 11) is 2.19. The highest BCUT2D eigenvalue weighted by molar-refractivity contribution is 4.92. The minimum absolute atomic E-state index is 0.561. The lowest BCUT2D eigenvalue weighted by Crippen LogP contribution is -2.44. The van der Waals surface area contributed by atoms with Crippen molar-refractivity contribution in [2.75, 3.05) is 46.4 Å². The van der Waals surface area contributed by atoms with Crippen LogP contribution in [0.3, 0.4) is 0 Å². The van der Waals surface area contributed by atoms with Crippen molar-refractivity contribution in [3.8, 4) is 0 Å². The van der Waals surface area contributed by atoms with Crippen LogP contribution in [0, 0.1) is 0 Å². The zero-order valence-corrected chi connectivity index (χ0v) is 11.2. The Hall–Kier alpha value is -0.910. The van der Waals surface area contributed by atoms with E-state index in [-0.39, 0.29) is 0 Å². The number of piperazine rings is 1. The molecule has 0 radical (unpaired) electrons. The molecule has 1 aromatic heterocycles. The minimum atomic E-state index is 0.561. The Morgan fingerprint density at radius 2 is 2.11 bits per heavy atom. The van der Waals surface area contributed by atoms with Gasteiger partial charge in [0.15, 0.2) is 0 Å². The second-order valence-electron chi connectivity index (χ2n) is 4.90. The van der Waals surface area contributed by atoms with Crippen LogP contribution < -0.4 is 0 Å². The maximum Gasteiger partial charge on any atom is 0.124 e. The van der Waals surface area contributed by atoms with Crippen LogP contribution in [0.15, 0.2) is 16.9 Å². The molecule has 5 heteroatoms. The van der Waals surface area contributed by atoms with Crippen molar-refractivity contribution < 1.29 is 9.26 Å². The highest BCUT2D eigenvalue weighted by Crippen LogP contribution is 2.03. The van der Waals surface area contributed by atoms with Crippen molar-refractivity contribution in [3.05, 3.63) is 18.0 Å². The predicted octanol–water partition coefficient (Wildman–Crippen LogP) is 1.22. The number of unbranched alkanes of at least 4 members (excludes halogenated alkanes) is 1. The van der Waals surface area contributed by atoms with Crippen LogP contribution >= 0.6 is 0 Å². The summed E-state index contributed by atoms with van der Waals surface area (Å²) < 4.78 is 10.3. The summed E-state index contributed by atoms with van der Waals surface area (Å²) in [5.41, 5.74) is 0.870. The summed E-state index contributed by atoms with van der Waals surface area (Å²) in [6.07, 6.45) is 3.90. The molecule has 0 bridgehead atoms. The number of hydrogen-bond acceptors (Lipinski definition) is 5. The molecule has 0 unspecified atom stereocenters. The summed E-state index contributed by atoms with van der Waals surface area (Å²) in [4.78, 5) is 4.93. The van der Waals surface area contributed by atoms with E-state index in [0.29, 0.717) is 6.61 Å². The van der Waals surface area contributed by atoms with Gasteiger partial charge < -0.3 is 19.1 Å². The van der Waals surface area contributed by atoms with Crippen LogP contribution in [0.2, 0.25) is 0 Å². The third-order valence-electron chi connectivity index (χ3n) is 3.35. The fraction of sp³-hybridized carbons (Fsp3) is 0.769. The number of rotatable bonds is 7. The third kappa shape index (κ3) is 4.76. The summed E-state index contributed by atoms with van der Waals surface area (Å²) >= 11 is 0. The van der Waals surface area contributed by atoms with Crippen molar-refractivity contribution in [2.24, 2.45) is 0 Å². The summed E-state index contributed by atoms with van der Waals surface area (Å²) in [6, 6.07) is 1.84. The Labute approximate surface area is 109 Å². The number of likely N-dealkylation sites (N-methyl/N-ethyl adjacent to an activating group) is 1. The van der Waals surface area contributed by atoms with Crippen LogP contribution in [0.4, 0.5) is 0 Å². The highest BCUT2D eigenvalue weighted by Gasteiger charge is 2.12. The van der Waals surface area contributed by atoms with Gasteiger partial charge in [0.1, 0.15) is 12.0 Å². The first kappa shape index (κ1) is 13.5. The normalized spacial score (nSPS) is 18.3. The topological polar surface area (TPSA) is 41.7 Å². The Morgan fingerprint density at radius 3 is 2.83 bits per heavy atom. The van der Waals surface area contributed by atoms with Gasteiger partial charge in [0.2, 0.25) is 0 Å². The average molecular weight is 253 g/mol. The van der Waals surface area contributed by atoms with Gasteiger partial charge in [-0.15, -0.1) is 0 Å². The molecule has 102 valence electrons. The number of aromatic nitrogens is 1. The van der Waals surface area contributed by atoms with Crippen LogP contribution in [0.25, 0.3) is 0 Å². The van der Waals surface area contributed by atoms with Gasteiger partial charge in [0, 0.05) is 38.9 Å². The standard InChI is InChI=1S/C13H23N3O2/c1-15-6-8-16(9-7-15)5-2-3-10-17-12-13-4-11-18-14-13/h4,11H,2-3,5-10,12H2,1H3. The Kier molecular flexibility index (Phi) is 5.64. The van der Waals surface area contributed by atoms with Crippen LogP contribution in [-0.2, 0) is 11.3 Å². The van der Waals surface area contributed by atoms with Crippen LogP contribution in [0.5, 0.6) is 0 Å². The molecule has 1 aliphatic heterocycles. The zero-order valence-electron chi connectivity index (χ0n) is 11.2. The molecule has 0 aromatic carbocycles. The van der Waals surface area contributed by atoms with E-state index < -0.39 is 0 Å². The molecule has 0 aliphatic carbocycles. The van der Waals surface area contributed by atoms with Gasteiger partial charge in [-0.3, -0.25) is 0 Å². The molecule has 2 rings (SSSR count). The van der Waals surface area contributed by atoms with Crippen LogP contribution in [0.1, 0.15) is 18.5 Å². The van der Waals surface area contributed by atoms with Crippen LogP contribution in [-0.4, -0.2) is 61.3 Å². The maximum atomic E-state index is 5.54. The van der Waals surface area contributed by atoms with Crippen molar-refractivity contribution in [2.45, 2.75) is 19.4 Å². The zero-order chi connectivity index (χ0) is 12.6. The highest BCUT2D eigenvalue weighted by atomic mass is 16.5. The maximum absolute atomic E-state index is 5.54.